The standard InChI is InChI=1S/C15H20ClN5O2S/c16-11-1-3-17-13-12(2-10-23-14(11)13)18-19-15(24)21-6-4-20(5-7-21)8-9-22/h1,3,22H,2,4-10H2,(H,19,24)/b18-12-. The van der Waals surface area contributed by atoms with Crippen molar-refractivity contribution >= 4 is 34.6 Å². The Morgan fingerprint density at radius 3 is 2.96 bits per heavy atom. The minimum Gasteiger partial charge on any atom is -0.489 e. The molecule has 0 amide bonds. The number of halogens is 1. The van der Waals surface area contributed by atoms with Gasteiger partial charge in [0.2, 0.25) is 0 Å². The molecule has 0 radical (unpaired) electrons. The van der Waals surface area contributed by atoms with Gasteiger partial charge >= 0.3 is 0 Å². The number of fused-ring (bicyclic) bond motifs is 1. The van der Waals surface area contributed by atoms with Crippen LogP contribution in [0.4, 0.5) is 0 Å². The Morgan fingerprint density at radius 1 is 1.42 bits per heavy atom. The third-order valence-corrected chi connectivity index (χ3v) is 4.72. The number of hydrazone groups is 1. The number of nitrogens with one attached hydrogen (secondary N) is 1. The molecule has 0 atom stereocenters. The molecule has 3 rings (SSSR count). The summed E-state index contributed by atoms with van der Waals surface area (Å²) in [5, 5.41) is 14.5. The zero-order valence-electron chi connectivity index (χ0n) is 13.2. The number of ether oxygens (including phenoxy) is 1. The van der Waals surface area contributed by atoms with Crippen molar-refractivity contribution in [1.82, 2.24) is 20.2 Å². The first-order chi connectivity index (χ1) is 11.7. The fourth-order valence-corrected chi connectivity index (χ4v) is 3.18. The van der Waals surface area contributed by atoms with Crippen LogP contribution in [0.15, 0.2) is 17.4 Å². The molecular formula is C15H20ClN5O2S. The lowest BCUT2D eigenvalue weighted by Gasteiger charge is -2.35. The van der Waals surface area contributed by atoms with Gasteiger partial charge in [-0.05, 0) is 18.3 Å². The highest BCUT2D eigenvalue weighted by Crippen LogP contribution is 2.30. The lowest BCUT2D eigenvalue weighted by Crippen LogP contribution is -2.51. The summed E-state index contributed by atoms with van der Waals surface area (Å²) in [4.78, 5) is 8.61. The molecule has 0 unspecified atom stereocenters. The van der Waals surface area contributed by atoms with Crippen LogP contribution >= 0.6 is 23.8 Å². The van der Waals surface area contributed by atoms with Gasteiger partial charge in [0.1, 0.15) is 5.69 Å². The van der Waals surface area contributed by atoms with Crippen molar-refractivity contribution < 1.29 is 9.84 Å². The zero-order valence-corrected chi connectivity index (χ0v) is 14.8. The van der Waals surface area contributed by atoms with Crippen molar-refractivity contribution in [2.75, 3.05) is 45.9 Å². The average Bonchev–Trinajstić information content (AvgIpc) is 2.61. The van der Waals surface area contributed by atoms with E-state index in [0.717, 1.165) is 31.9 Å². The zero-order chi connectivity index (χ0) is 16.9. The molecule has 9 heteroatoms. The minimum atomic E-state index is 0.188. The minimum absolute atomic E-state index is 0.188. The van der Waals surface area contributed by atoms with Gasteiger partial charge in [0.05, 0.1) is 23.9 Å². The lowest BCUT2D eigenvalue weighted by atomic mass is 10.1. The molecule has 24 heavy (non-hydrogen) atoms. The molecule has 3 heterocycles. The molecule has 130 valence electrons. The van der Waals surface area contributed by atoms with Crippen LogP contribution in [0.2, 0.25) is 5.02 Å². The van der Waals surface area contributed by atoms with E-state index in [9.17, 15) is 0 Å². The van der Waals surface area contributed by atoms with Gasteiger partial charge in [-0.3, -0.25) is 15.3 Å². The molecular weight excluding hydrogens is 350 g/mol. The summed E-state index contributed by atoms with van der Waals surface area (Å²) < 4.78 is 5.57. The Labute approximate surface area is 151 Å². The Hall–Kier alpha value is -1.48. The van der Waals surface area contributed by atoms with Crippen LogP contribution < -0.4 is 10.2 Å². The summed E-state index contributed by atoms with van der Waals surface area (Å²) in [6, 6.07) is 1.70. The van der Waals surface area contributed by atoms with Crippen molar-refractivity contribution in [3.05, 3.63) is 23.0 Å². The van der Waals surface area contributed by atoms with Crippen molar-refractivity contribution in [3.8, 4) is 5.75 Å². The average molecular weight is 370 g/mol. The largest absolute Gasteiger partial charge is 0.489 e. The fraction of sp³-hybridized carbons (Fsp3) is 0.533. The molecule has 2 N–H and O–H groups in total. The maximum Gasteiger partial charge on any atom is 0.189 e. The van der Waals surface area contributed by atoms with Crippen LogP contribution in [0.1, 0.15) is 12.1 Å². The molecule has 1 aromatic rings. The Kier molecular flexibility index (Phi) is 5.83. The maximum absolute atomic E-state index is 8.98. The highest BCUT2D eigenvalue weighted by atomic mass is 35.5. The van der Waals surface area contributed by atoms with E-state index < -0.39 is 0 Å². The Balaban J connectivity index is 1.61. The van der Waals surface area contributed by atoms with E-state index in [0.29, 0.717) is 41.2 Å². The van der Waals surface area contributed by atoms with Gasteiger partial charge in [0.25, 0.3) is 0 Å². The second-order valence-electron chi connectivity index (χ2n) is 5.60. The van der Waals surface area contributed by atoms with E-state index in [-0.39, 0.29) is 6.61 Å². The smallest absolute Gasteiger partial charge is 0.189 e. The van der Waals surface area contributed by atoms with Gasteiger partial charge in [0, 0.05) is 45.3 Å². The molecule has 0 aromatic carbocycles. The molecule has 1 fully saturated rings. The van der Waals surface area contributed by atoms with Gasteiger partial charge < -0.3 is 14.7 Å². The summed E-state index contributed by atoms with van der Waals surface area (Å²) in [6.07, 6.45) is 2.30. The highest BCUT2D eigenvalue weighted by molar-refractivity contribution is 7.80. The van der Waals surface area contributed by atoms with Crippen LogP contribution in [0.3, 0.4) is 0 Å². The van der Waals surface area contributed by atoms with Gasteiger partial charge in [-0.15, -0.1) is 0 Å². The second kappa shape index (κ2) is 8.06. The topological polar surface area (TPSA) is 73.2 Å². The summed E-state index contributed by atoms with van der Waals surface area (Å²) in [7, 11) is 0. The van der Waals surface area contributed by atoms with Crippen LogP contribution in [0, 0.1) is 0 Å². The summed E-state index contributed by atoms with van der Waals surface area (Å²) in [5.74, 6) is 0.578. The molecule has 2 aliphatic heterocycles. The number of aliphatic hydroxyl groups excluding tert-OH is 1. The number of piperazine rings is 1. The fourth-order valence-electron chi connectivity index (χ4n) is 2.75. The van der Waals surface area contributed by atoms with Crippen LogP contribution in [-0.4, -0.2) is 76.7 Å². The predicted octanol–water partition coefficient (Wildman–Crippen LogP) is 0.706. The Morgan fingerprint density at radius 2 is 2.21 bits per heavy atom. The van der Waals surface area contributed by atoms with E-state index >= 15 is 0 Å². The van der Waals surface area contributed by atoms with Crippen LogP contribution in [0.5, 0.6) is 5.75 Å². The van der Waals surface area contributed by atoms with Gasteiger partial charge in [-0.1, -0.05) is 11.6 Å². The summed E-state index contributed by atoms with van der Waals surface area (Å²) in [5.41, 5.74) is 4.42. The van der Waals surface area contributed by atoms with Crippen molar-refractivity contribution in [2.45, 2.75) is 6.42 Å². The second-order valence-corrected chi connectivity index (χ2v) is 6.39. The number of hydrogen-bond acceptors (Lipinski definition) is 6. The lowest BCUT2D eigenvalue weighted by molar-refractivity contribution is 0.146. The molecule has 2 aliphatic rings. The number of aliphatic hydroxyl groups is 1. The van der Waals surface area contributed by atoms with E-state index in [1.54, 1.807) is 12.3 Å². The highest BCUT2D eigenvalue weighted by Gasteiger charge is 2.22. The van der Waals surface area contributed by atoms with Gasteiger partial charge in [0.15, 0.2) is 10.9 Å². The Bertz CT molecular complexity index is 634. The summed E-state index contributed by atoms with van der Waals surface area (Å²) >= 11 is 11.6. The van der Waals surface area contributed by atoms with E-state index in [1.165, 1.54) is 0 Å². The van der Waals surface area contributed by atoms with Gasteiger partial charge in [-0.25, -0.2) is 0 Å². The van der Waals surface area contributed by atoms with Crippen molar-refractivity contribution in [2.24, 2.45) is 5.10 Å². The normalized spacial score (nSPS) is 19.8. The summed E-state index contributed by atoms with van der Waals surface area (Å²) in [6.45, 7) is 4.82. The number of β-amino-alcohol motifs (C(OH)–C–C–N with tert-alkyl or cyclic N) is 1. The first-order valence-corrected chi connectivity index (χ1v) is 8.70. The number of nitrogens with zero attached hydrogens (tertiary/aromatic N) is 4. The quantitative estimate of drug-likeness (QED) is 0.600. The van der Waals surface area contributed by atoms with E-state index in [4.69, 9.17) is 33.7 Å². The third-order valence-electron chi connectivity index (χ3n) is 4.08. The maximum atomic E-state index is 8.98. The number of aromatic nitrogens is 1. The SMILES string of the molecule is OCCN1CCN(C(=S)N/N=C2/CCOc3c(Cl)ccnc32)CC1. The van der Waals surface area contributed by atoms with Crippen molar-refractivity contribution in [3.63, 3.8) is 0 Å². The number of thiocarbonyl (C=S) groups is 1. The molecule has 0 spiro atoms. The van der Waals surface area contributed by atoms with Crippen LogP contribution in [0.25, 0.3) is 0 Å². The number of pyridine rings is 1. The predicted molar refractivity (Wildman–Crippen MR) is 96.7 cm³/mol. The molecule has 0 aliphatic carbocycles. The molecule has 1 saturated heterocycles. The molecule has 1 aromatic heterocycles. The first kappa shape index (κ1) is 17.3. The van der Waals surface area contributed by atoms with Crippen molar-refractivity contribution in [1.29, 1.82) is 0 Å². The molecule has 0 bridgehead atoms. The van der Waals surface area contributed by atoms with E-state index in [2.05, 4.69) is 25.3 Å². The van der Waals surface area contributed by atoms with Gasteiger partial charge in [-0.2, -0.15) is 5.10 Å². The number of hydrogen-bond donors (Lipinski definition) is 2. The number of rotatable bonds is 3. The molecule has 0 saturated carbocycles. The van der Waals surface area contributed by atoms with E-state index in [1.807, 2.05) is 0 Å². The third kappa shape index (κ3) is 3.94. The van der Waals surface area contributed by atoms with Crippen LogP contribution in [-0.2, 0) is 0 Å². The molecule has 7 nitrogen and oxygen atoms in total. The first-order valence-electron chi connectivity index (χ1n) is 7.91. The monoisotopic (exact) mass is 369 g/mol.